The standard InChI is InChI=1S/C12H26N2/c1-4-9-14(10-11(2)3)12-5-7-13-8-6-12/h11-13H,4-10H2,1-3H3. The zero-order chi connectivity index (χ0) is 10.4. The number of piperidine rings is 1. The quantitative estimate of drug-likeness (QED) is 0.728. The van der Waals surface area contributed by atoms with Crippen molar-refractivity contribution >= 4 is 0 Å². The van der Waals surface area contributed by atoms with Crippen LogP contribution in [-0.4, -0.2) is 37.1 Å². The second-order valence-corrected chi connectivity index (χ2v) is 4.87. The van der Waals surface area contributed by atoms with Crippen molar-refractivity contribution < 1.29 is 0 Å². The van der Waals surface area contributed by atoms with Crippen LogP contribution in [0.2, 0.25) is 0 Å². The Hall–Kier alpha value is -0.0800. The van der Waals surface area contributed by atoms with E-state index >= 15 is 0 Å². The molecule has 1 aliphatic rings. The smallest absolute Gasteiger partial charge is 0.0119 e. The van der Waals surface area contributed by atoms with Crippen LogP contribution in [0, 0.1) is 5.92 Å². The van der Waals surface area contributed by atoms with Crippen molar-refractivity contribution in [2.24, 2.45) is 5.92 Å². The average molecular weight is 198 g/mol. The molecular weight excluding hydrogens is 172 g/mol. The van der Waals surface area contributed by atoms with E-state index in [0.717, 1.165) is 12.0 Å². The van der Waals surface area contributed by atoms with Crippen molar-refractivity contribution in [1.82, 2.24) is 10.2 Å². The van der Waals surface area contributed by atoms with Crippen LogP contribution in [0.25, 0.3) is 0 Å². The Bertz CT molecular complexity index is 139. The van der Waals surface area contributed by atoms with E-state index in [1.165, 1.54) is 45.4 Å². The molecule has 0 radical (unpaired) electrons. The fourth-order valence-electron chi connectivity index (χ4n) is 2.35. The Kier molecular flexibility index (Phi) is 5.49. The lowest BCUT2D eigenvalue weighted by molar-refractivity contribution is 0.145. The minimum atomic E-state index is 0.802. The summed E-state index contributed by atoms with van der Waals surface area (Å²) in [6.45, 7) is 11.9. The Morgan fingerprint density at radius 1 is 1.29 bits per heavy atom. The Labute approximate surface area is 89.1 Å². The van der Waals surface area contributed by atoms with Crippen molar-refractivity contribution in [1.29, 1.82) is 0 Å². The molecule has 0 atom stereocenters. The monoisotopic (exact) mass is 198 g/mol. The summed E-state index contributed by atoms with van der Waals surface area (Å²) in [7, 11) is 0. The lowest BCUT2D eigenvalue weighted by atomic mass is 10.0. The summed E-state index contributed by atoms with van der Waals surface area (Å²) in [4.78, 5) is 2.70. The molecule has 1 saturated heterocycles. The Balaban J connectivity index is 2.38. The molecule has 0 aromatic carbocycles. The molecule has 0 spiro atoms. The lowest BCUT2D eigenvalue weighted by Crippen LogP contribution is -2.44. The molecule has 2 heteroatoms. The highest BCUT2D eigenvalue weighted by Gasteiger charge is 2.20. The molecule has 0 unspecified atom stereocenters. The average Bonchev–Trinajstić information content (AvgIpc) is 2.18. The maximum atomic E-state index is 3.44. The fourth-order valence-corrected chi connectivity index (χ4v) is 2.35. The fraction of sp³-hybridized carbons (Fsp3) is 1.00. The summed E-state index contributed by atoms with van der Waals surface area (Å²) in [6.07, 6.45) is 3.97. The number of rotatable bonds is 5. The van der Waals surface area contributed by atoms with E-state index in [1.54, 1.807) is 0 Å². The zero-order valence-electron chi connectivity index (χ0n) is 10.1. The normalized spacial score (nSPS) is 19.5. The van der Waals surface area contributed by atoms with Gasteiger partial charge in [0, 0.05) is 12.6 Å². The van der Waals surface area contributed by atoms with E-state index in [-0.39, 0.29) is 0 Å². The first-order valence-corrected chi connectivity index (χ1v) is 6.18. The van der Waals surface area contributed by atoms with Crippen LogP contribution in [0.1, 0.15) is 40.0 Å². The largest absolute Gasteiger partial charge is 0.317 e. The Morgan fingerprint density at radius 2 is 1.93 bits per heavy atom. The van der Waals surface area contributed by atoms with Gasteiger partial charge >= 0.3 is 0 Å². The molecule has 0 bridgehead atoms. The molecule has 1 fully saturated rings. The molecule has 84 valence electrons. The van der Waals surface area contributed by atoms with Crippen molar-refractivity contribution in [3.63, 3.8) is 0 Å². The van der Waals surface area contributed by atoms with Gasteiger partial charge in [-0.05, 0) is 44.8 Å². The first-order chi connectivity index (χ1) is 6.74. The van der Waals surface area contributed by atoms with Gasteiger partial charge in [0.1, 0.15) is 0 Å². The molecule has 0 saturated carbocycles. The molecule has 1 N–H and O–H groups in total. The van der Waals surface area contributed by atoms with Crippen LogP contribution in [0.15, 0.2) is 0 Å². The van der Waals surface area contributed by atoms with Crippen LogP contribution in [0.4, 0.5) is 0 Å². The van der Waals surface area contributed by atoms with Gasteiger partial charge in [-0.2, -0.15) is 0 Å². The van der Waals surface area contributed by atoms with Gasteiger partial charge in [0.2, 0.25) is 0 Å². The zero-order valence-corrected chi connectivity index (χ0v) is 10.1. The van der Waals surface area contributed by atoms with Gasteiger partial charge in [0.15, 0.2) is 0 Å². The second kappa shape index (κ2) is 6.41. The minimum Gasteiger partial charge on any atom is -0.317 e. The highest BCUT2D eigenvalue weighted by molar-refractivity contribution is 4.78. The molecule has 2 nitrogen and oxygen atoms in total. The van der Waals surface area contributed by atoms with Gasteiger partial charge in [0.25, 0.3) is 0 Å². The molecule has 0 aromatic heterocycles. The third-order valence-electron chi connectivity index (χ3n) is 2.94. The van der Waals surface area contributed by atoms with Crippen molar-refractivity contribution in [2.75, 3.05) is 26.2 Å². The first kappa shape index (κ1) is 12.0. The van der Waals surface area contributed by atoms with Gasteiger partial charge in [0.05, 0.1) is 0 Å². The van der Waals surface area contributed by atoms with Crippen LogP contribution >= 0.6 is 0 Å². The van der Waals surface area contributed by atoms with E-state index in [1.807, 2.05) is 0 Å². The maximum Gasteiger partial charge on any atom is 0.0119 e. The summed E-state index contributed by atoms with van der Waals surface area (Å²) in [6, 6.07) is 0.846. The number of nitrogens with zero attached hydrogens (tertiary/aromatic N) is 1. The molecule has 0 amide bonds. The van der Waals surface area contributed by atoms with Gasteiger partial charge in [-0.25, -0.2) is 0 Å². The van der Waals surface area contributed by atoms with E-state index in [2.05, 4.69) is 31.0 Å². The number of hydrogen-bond acceptors (Lipinski definition) is 2. The van der Waals surface area contributed by atoms with Gasteiger partial charge in [-0.15, -0.1) is 0 Å². The van der Waals surface area contributed by atoms with E-state index in [0.29, 0.717) is 0 Å². The summed E-state index contributed by atoms with van der Waals surface area (Å²) in [5, 5.41) is 3.44. The lowest BCUT2D eigenvalue weighted by Gasteiger charge is -2.35. The molecule has 0 aromatic rings. The highest BCUT2D eigenvalue weighted by Crippen LogP contribution is 2.14. The van der Waals surface area contributed by atoms with Gasteiger partial charge in [-0.1, -0.05) is 20.8 Å². The van der Waals surface area contributed by atoms with Crippen LogP contribution in [0.3, 0.4) is 0 Å². The maximum absolute atomic E-state index is 3.44. The van der Waals surface area contributed by atoms with Crippen molar-refractivity contribution in [2.45, 2.75) is 46.1 Å². The van der Waals surface area contributed by atoms with Crippen LogP contribution in [-0.2, 0) is 0 Å². The molecule has 14 heavy (non-hydrogen) atoms. The van der Waals surface area contributed by atoms with Crippen LogP contribution in [0.5, 0.6) is 0 Å². The van der Waals surface area contributed by atoms with Gasteiger partial charge in [-0.3, -0.25) is 0 Å². The number of nitrogens with one attached hydrogen (secondary N) is 1. The number of hydrogen-bond donors (Lipinski definition) is 1. The van der Waals surface area contributed by atoms with E-state index < -0.39 is 0 Å². The van der Waals surface area contributed by atoms with E-state index in [9.17, 15) is 0 Å². The predicted molar refractivity (Wildman–Crippen MR) is 62.6 cm³/mol. The third-order valence-corrected chi connectivity index (χ3v) is 2.94. The van der Waals surface area contributed by atoms with E-state index in [4.69, 9.17) is 0 Å². The molecule has 1 aliphatic heterocycles. The van der Waals surface area contributed by atoms with Gasteiger partial charge < -0.3 is 10.2 Å². The second-order valence-electron chi connectivity index (χ2n) is 4.87. The SMILES string of the molecule is CCCN(CC(C)C)C1CCNCC1. The summed E-state index contributed by atoms with van der Waals surface area (Å²) < 4.78 is 0. The molecule has 1 heterocycles. The third kappa shape index (κ3) is 3.97. The van der Waals surface area contributed by atoms with Crippen molar-refractivity contribution in [3.05, 3.63) is 0 Å². The Morgan fingerprint density at radius 3 is 2.43 bits per heavy atom. The topological polar surface area (TPSA) is 15.3 Å². The highest BCUT2D eigenvalue weighted by atomic mass is 15.2. The van der Waals surface area contributed by atoms with Crippen molar-refractivity contribution in [3.8, 4) is 0 Å². The summed E-state index contributed by atoms with van der Waals surface area (Å²) in [5.41, 5.74) is 0. The molecule has 0 aliphatic carbocycles. The first-order valence-electron chi connectivity index (χ1n) is 6.18. The van der Waals surface area contributed by atoms with Crippen LogP contribution < -0.4 is 5.32 Å². The predicted octanol–water partition coefficient (Wildman–Crippen LogP) is 2.11. The minimum absolute atomic E-state index is 0.802. The molecule has 1 rings (SSSR count). The molecular formula is C12H26N2. The summed E-state index contributed by atoms with van der Waals surface area (Å²) in [5.74, 6) is 0.802. The summed E-state index contributed by atoms with van der Waals surface area (Å²) >= 11 is 0.